The Morgan fingerprint density at radius 3 is 3.06 bits per heavy atom. The third-order valence-corrected chi connectivity index (χ3v) is 3.49. The maximum absolute atomic E-state index is 11.0. The van der Waals surface area contributed by atoms with Gasteiger partial charge < -0.3 is 4.74 Å². The summed E-state index contributed by atoms with van der Waals surface area (Å²) in [5, 5.41) is 5.71. The lowest BCUT2D eigenvalue weighted by molar-refractivity contribution is -0.0366. The minimum atomic E-state index is -0.0470. The van der Waals surface area contributed by atoms with Gasteiger partial charge in [0.1, 0.15) is 0 Å². The van der Waals surface area contributed by atoms with Crippen molar-refractivity contribution in [2.45, 2.75) is 25.5 Å². The normalized spacial score (nSPS) is 20.2. The Morgan fingerprint density at radius 2 is 2.33 bits per heavy atom. The average molecular weight is 265 g/mol. The lowest BCUT2D eigenvalue weighted by Gasteiger charge is -2.23. The number of benzene rings is 1. The molecule has 0 amide bonds. The Hall–Kier alpha value is -1.39. The van der Waals surface area contributed by atoms with Gasteiger partial charge >= 0.3 is 0 Å². The average Bonchev–Trinajstić information content (AvgIpc) is 2.82. The zero-order valence-electron chi connectivity index (χ0n) is 9.80. The summed E-state index contributed by atoms with van der Waals surface area (Å²) in [7, 11) is 0. The fourth-order valence-electron chi connectivity index (χ4n) is 2.38. The molecule has 4 nitrogen and oxygen atoms in total. The number of carbonyl (C=O) groups is 1. The van der Waals surface area contributed by atoms with Gasteiger partial charge in [-0.3, -0.25) is 4.79 Å². The van der Waals surface area contributed by atoms with Gasteiger partial charge in [0.25, 0.3) is 0 Å². The van der Waals surface area contributed by atoms with E-state index in [1.54, 1.807) is 12.3 Å². The minimum Gasteiger partial charge on any atom is -0.356 e. The summed E-state index contributed by atoms with van der Waals surface area (Å²) >= 11 is 6.03. The van der Waals surface area contributed by atoms with Gasteiger partial charge in [-0.1, -0.05) is 11.6 Å². The summed E-state index contributed by atoms with van der Waals surface area (Å²) in [5.74, 6) is 0. The Labute approximate surface area is 109 Å². The molecular weight excluding hydrogens is 252 g/mol. The molecule has 1 unspecified atom stereocenters. The van der Waals surface area contributed by atoms with Crippen LogP contribution in [-0.4, -0.2) is 22.7 Å². The van der Waals surface area contributed by atoms with Crippen LogP contribution in [0.1, 0.15) is 35.8 Å². The van der Waals surface area contributed by atoms with Crippen LogP contribution < -0.4 is 0 Å². The zero-order chi connectivity index (χ0) is 12.5. The van der Waals surface area contributed by atoms with Gasteiger partial charge in [0.05, 0.1) is 11.7 Å². The van der Waals surface area contributed by atoms with E-state index in [1.807, 2.05) is 10.7 Å². The van der Waals surface area contributed by atoms with E-state index in [0.29, 0.717) is 10.6 Å². The maximum Gasteiger partial charge on any atom is 0.150 e. The first-order valence-corrected chi connectivity index (χ1v) is 6.41. The molecule has 1 aliphatic heterocycles. The lowest BCUT2D eigenvalue weighted by atomic mass is 10.1. The summed E-state index contributed by atoms with van der Waals surface area (Å²) in [4.78, 5) is 11.0. The van der Waals surface area contributed by atoms with Gasteiger partial charge in [0, 0.05) is 22.6 Å². The van der Waals surface area contributed by atoms with Crippen LogP contribution in [0.25, 0.3) is 10.9 Å². The number of rotatable bonds is 2. The zero-order valence-corrected chi connectivity index (χ0v) is 10.6. The molecular formula is C13H13ClN2O2. The third-order valence-electron chi connectivity index (χ3n) is 3.27. The molecule has 1 atom stereocenters. The second kappa shape index (κ2) is 4.71. The highest BCUT2D eigenvalue weighted by molar-refractivity contribution is 6.31. The first kappa shape index (κ1) is 11.7. The molecule has 2 aromatic rings. The van der Waals surface area contributed by atoms with Gasteiger partial charge in [-0.05, 0) is 31.4 Å². The van der Waals surface area contributed by atoms with E-state index in [1.165, 1.54) is 0 Å². The number of fused-ring (bicyclic) bond motifs is 1. The first-order valence-electron chi connectivity index (χ1n) is 6.03. The third kappa shape index (κ3) is 1.91. The fourth-order valence-corrected chi connectivity index (χ4v) is 2.60. The van der Waals surface area contributed by atoms with Crippen LogP contribution in [0, 0.1) is 0 Å². The Balaban J connectivity index is 2.12. The Morgan fingerprint density at radius 1 is 1.44 bits per heavy atom. The number of hydrogen-bond donors (Lipinski definition) is 0. The summed E-state index contributed by atoms with van der Waals surface area (Å²) in [6.45, 7) is 0.757. The van der Waals surface area contributed by atoms with Gasteiger partial charge in [-0.15, -0.1) is 0 Å². The molecule has 5 heteroatoms. The van der Waals surface area contributed by atoms with E-state index in [4.69, 9.17) is 16.3 Å². The van der Waals surface area contributed by atoms with Crippen LogP contribution >= 0.6 is 11.6 Å². The quantitative estimate of drug-likeness (QED) is 0.783. The molecule has 1 fully saturated rings. The maximum atomic E-state index is 11.0. The molecule has 0 saturated carbocycles. The van der Waals surface area contributed by atoms with Crippen molar-refractivity contribution in [1.82, 2.24) is 9.78 Å². The number of aromatic nitrogens is 2. The molecule has 0 N–H and O–H groups in total. The first-order chi connectivity index (χ1) is 8.79. The van der Waals surface area contributed by atoms with Gasteiger partial charge in [0.15, 0.2) is 12.5 Å². The molecule has 0 bridgehead atoms. The summed E-state index contributed by atoms with van der Waals surface area (Å²) in [6.07, 6.45) is 5.63. The molecule has 1 saturated heterocycles. The van der Waals surface area contributed by atoms with Crippen molar-refractivity contribution in [2.75, 3.05) is 6.61 Å². The predicted octanol–water partition coefficient (Wildman–Crippen LogP) is 3.20. The standard InChI is InChI=1S/C13H13ClN2O2/c14-10-5-9(8-17)11-7-15-16(12(11)6-10)13-3-1-2-4-18-13/h5-8,13H,1-4H2. The molecule has 94 valence electrons. The highest BCUT2D eigenvalue weighted by Crippen LogP contribution is 2.29. The van der Waals surface area contributed by atoms with Crippen LogP contribution in [-0.2, 0) is 4.74 Å². The van der Waals surface area contributed by atoms with Crippen molar-refractivity contribution in [3.8, 4) is 0 Å². The second-order valence-corrected chi connectivity index (χ2v) is 4.89. The van der Waals surface area contributed by atoms with Crippen LogP contribution in [0.4, 0.5) is 0 Å². The van der Waals surface area contributed by atoms with E-state index < -0.39 is 0 Å². The smallest absolute Gasteiger partial charge is 0.150 e. The van der Waals surface area contributed by atoms with E-state index in [0.717, 1.165) is 43.1 Å². The molecule has 0 spiro atoms. The molecule has 0 aliphatic carbocycles. The molecule has 2 heterocycles. The predicted molar refractivity (Wildman–Crippen MR) is 69.0 cm³/mol. The van der Waals surface area contributed by atoms with Crippen molar-refractivity contribution in [2.24, 2.45) is 0 Å². The number of ether oxygens (including phenoxy) is 1. The Kier molecular flexibility index (Phi) is 3.06. The highest BCUT2D eigenvalue weighted by atomic mass is 35.5. The fraction of sp³-hybridized carbons (Fsp3) is 0.385. The van der Waals surface area contributed by atoms with Crippen LogP contribution in [0.2, 0.25) is 5.02 Å². The van der Waals surface area contributed by atoms with Crippen molar-refractivity contribution >= 4 is 28.8 Å². The van der Waals surface area contributed by atoms with Gasteiger partial charge in [-0.2, -0.15) is 5.10 Å². The molecule has 3 rings (SSSR count). The number of nitrogens with zero attached hydrogens (tertiary/aromatic N) is 2. The lowest BCUT2D eigenvalue weighted by Crippen LogP contribution is -2.18. The molecule has 1 aliphatic rings. The summed E-state index contributed by atoms with van der Waals surface area (Å²) in [5.41, 5.74) is 1.43. The number of aldehydes is 1. The van der Waals surface area contributed by atoms with Crippen LogP contribution in [0.3, 0.4) is 0 Å². The molecule has 18 heavy (non-hydrogen) atoms. The number of halogens is 1. The van der Waals surface area contributed by atoms with E-state index in [9.17, 15) is 4.79 Å². The molecule has 1 aromatic heterocycles. The van der Waals surface area contributed by atoms with E-state index in [2.05, 4.69) is 5.10 Å². The van der Waals surface area contributed by atoms with Crippen molar-refractivity contribution in [3.05, 3.63) is 28.9 Å². The number of hydrogen-bond acceptors (Lipinski definition) is 3. The van der Waals surface area contributed by atoms with Crippen molar-refractivity contribution in [3.63, 3.8) is 0 Å². The van der Waals surface area contributed by atoms with E-state index >= 15 is 0 Å². The topological polar surface area (TPSA) is 44.1 Å². The van der Waals surface area contributed by atoms with Gasteiger partial charge in [0.2, 0.25) is 0 Å². The Bertz CT molecular complexity index is 588. The minimum absolute atomic E-state index is 0.0470. The summed E-state index contributed by atoms with van der Waals surface area (Å²) in [6, 6.07) is 3.49. The summed E-state index contributed by atoms with van der Waals surface area (Å²) < 4.78 is 7.54. The number of carbonyl (C=O) groups excluding carboxylic acids is 1. The monoisotopic (exact) mass is 264 g/mol. The van der Waals surface area contributed by atoms with Crippen LogP contribution in [0.15, 0.2) is 18.3 Å². The highest BCUT2D eigenvalue weighted by Gasteiger charge is 2.19. The molecule has 0 radical (unpaired) electrons. The van der Waals surface area contributed by atoms with Crippen molar-refractivity contribution < 1.29 is 9.53 Å². The van der Waals surface area contributed by atoms with Crippen molar-refractivity contribution in [1.29, 1.82) is 0 Å². The molecule has 1 aromatic carbocycles. The van der Waals surface area contributed by atoms with E-state index in [-0.39, 0.29) is 6.23 Å². The SMILES string of the molecule is O=Cc1cc(Cl)cc2c1cnn2C1CCCCO1. The van der Waals surface area contributed by atoms with Gasteiger partial charge in [-0.25, -0.2) is 4.68 Å². The largest absolute Gasteiger partial charge is 0.356 e. The van der Waals surface area contributed by atoms with Crippen LogP contribution in [0.5, 0.6) is 0 Å². The second-order valence-electron chi connectivity index (χ2n) is 4.46.